The number of anilines is 1. The number of rotatable bonds is 4. The maximum Gasteiger partial charge on any atom is 0.357 e. The van der Waals surface area contributed by atoms with Crippen molar-refractivity contribution in [3.05, 3.63) is 22.0 Å². The van der Waals surface area contributed by atoms with E-state index < -0.39 is 21.7 Å². The molecule has 10 heteroatoms. The van der Waals surface area contributed by atoms with Crippen molar-refractivity contribution < 1.29 is 18.3 Å². The maximum absolute atomic E-state index is 12.4. The van der Waals surface area contributed by atoms with Gasteiger partial charge in [-0.3, -0.25) is 9.82 Å². The highest BCUT2D eigenvalue weighted by molar-refractivity contribution is 7.93. The van der Waals surface area contributed by atoms with Crippen LogP contribution in [-0.4, -0.2) is 34.7 Å². The second-order valence-electron chi connectivity index (χ2n) is 4.68. The van der Waals surface area contributed by atoms with E-state index in [1.807, 2.05) is 0 Å². The average molecular weight is 328 g/mol. The third-order valence-corrected chi connectivity index (χ3v) is 5.88. The van der Waals surface area contributed by atoms with Crippen molar-refractivity contribution in [2.75, 3.05) is 4.72 Å². The van der Waals surface area contributed by atoms with E-state index in [-0.39, 0.29) is 15.7 Å². The van der Waals surface area contributed by atoms with Crippen molar-refractivity contribution >= 4 is 32.5 Å². The Morgan fingerprint density at radius 3 is 2.86 bits per heavy atom. The van der Waals surface area contributed by atoms with Gasteiger partial charge in [0.2, 0.25) is 0 Å². The lowest BCUT2D eigenvalue weighted by Gasteiger charge is -2.05. The fourth-order valence-electron chi connectivity index (χ4n) is 2.29. The van der Waals surface area contributed by atoms with Crippen LogP contribution in [0.3, 0.4) is 0 Å². The summed E-state index contributed by atoms with van der Waals surface area (Å²) < 4.78 is 27.1. The van der Waals surface area contributed by atoms with Gasteiger partial charge in [0, 0.05) is 4.88 Å². The number of carboxylic acid groups (broad SMARTS) is 1. The molecule has 21 heavy (non-hydrogen) atoms. The lowest BCUT2D eigenvalue weighted by molar-refractivity contribution is 0.0686. The minimum absolute atomic E-state index is 0.170. The molecular formula is C11H12N4O4S2. The summed E-state index contributed by atoms with van der Waals surface area (Å²) in [5.41, 5.74) is 0.563. The fourth-order valence-corrected chi connectivity index (χ4v) is 4.90. The van der Waals surface area contributed by atoms with Crippen LogP contribution in [0.15, 0.2) is 4.90 Å². The first-order valence-corrected chi connectivity index (χ1v) is 8.48. The van der Waals surface area contributed by atoms with Gasteiger partial charge in [0.25, 0.3) is 10.0 Å². The third kappa shape index (κ3) is 2.40. The smallest absolute Gasteiger partial charge is 0.357 e. The third-order valence-electron chi connectivity index (χ3n) is 3.18. The molecule has 0 unspecified atom stereocenters. The summed E-state index contributed by atoms with van der Waals surface area (Å²) >= 11 is 1.29. The monoisotopic (exact) mass is 328 g/mol. The second-order valence-corrected chi connectivity index (χ2v) is 7.38. The Balaban J connectivity index is 1.97. The molecule has 0 saturated carbocycles. The number of fused-ring (bicyclic) bond motifs is 1. The maximum atomic E-state index is 12.4. The number of thiazole rings is 1. The number of aryl methyl sites for hydroxylation is 3. The first-order valence-electron chi connectivity index (χ1n) is 6.18. The van der Waals surface area contributed by atoms with Crippen molar-refractivity contribution in [2.24, 2.45) is 0 Å². The Bertz CT molecular complexity index is 800. The highest BCUT2D eigenvalue weighted by Gasteiger charge is 2.29. The number of sulfonamides is 1. The number of nitrogens with one attached hydrogen (secondary N) is 2. The molecule has 0 radical (unpaired) electrons. The van der Waals surface area contributed by atoms with Gasteiger partial charge in [-0.2, -0.15) is 5.10 Å². The molecule has 8 nitrogen and oxygen atoms in total. The van der Waals surface area contributed by atoms with Crippen molar-refractivity contribution in [2.45, 2.75) is 31.1 Å². The largest absolute Gasteiger partial charge is 0.476 e. The van der Waals surface area contributed by atoms with Crippen molar-refractivity contribution in [3.63, 3.8) is 0 Å². The number of nitrogens with zero attached hydrogens (tertiary/aromatic N) is 2. The number of carbonyl (C=O) groups is 1. The number of aromatic amines is 1. The minimum Gasteiger partial charge on any atom is -0.476 e. The Morgan fingerprint density at radius 2 is 2.19 bits per heavy atom. The summed E-state index contributed by atoms with van der Waals surface area (Å²) in [7, 11) is -4.04. The van der Waals surface area contributed by atoms with Crippen LogP contribution in [-0.2, 0) is 22.9 Å². The molecule has 0 aromatic carbocycles. The van der Waals surface area contributed by atoms with Gasteiger partial charge in [0.15, 0.2) is 10.8 Å². The molecule has 2 heterocycles. The number of carboxylic acids is 1. The van der Waals surface area contributed by atoms with Gasteiger partial charge >= 0.3 is 5.97 Å². The molecule has 3 N–H and O–H groups in total. The highest BCUT2D eigenvalue weighted by atomic mass is 32.2. The van der Waals surface area contributed by atoms with Gasteiger partial charge in [-0.1, -0.05) is 0 Å². The molecule has 0 aliphatic heterocycles. The number of aromatic nitrogens is 3. The van der Waals surface area contributed by atoms with Crippen LogP contribution in [0.4, 0.5) is 5.13 Å². The number of hydrogen-bond donors (Lipinski definition) is 3. The summed E-state index contributed by atoms with van der Waals surface area (Å²) in [6, 6.07) is 0. The molecule has 0 atom stereocenters. The topological polar surface area (TPSA) is 125 Å². The van der Waals surface area contributed by atoms with Gasteiger partial charge in [-0.25, -0.2) is 18.2 Å². The predicted molar refractivity (Wildman–Crippen MR) is 75.2 cm³/mol. The minimum atomic E-state index is -4.04. The molecule has 2 aromatic rings. The second kappa shape index (κ2) is 4.81. The summed E-state index contributed by atoms with van der Waals surface area (Å²) in [4.78, 5) is 16.0. The van der Waals surface area contributed by atoms with E-state index in [1.165, 1.54) is 18.3 Å². The molecule has 3 rings (SSSR count). The lowest BCUT2D eigenvalue weighted by Crippen LogP contribution is -2.17. The highest BCUT2D eigenvalue weighted by Crippen LogP contribution is 2.32. The summed E-state index contributed by atoms with van der Waals surface area (Å²) in [6.45, 7) is 1.45. The first kappa shape index (κ1) is 14.0. The van der Waals surface area contributed by atoms with E-state index in [2.05, 4.69) is 19.9 Å². The molecule has 0 spiro atoms. The fraction of sp³-hybridized carbons (Fsp3) is 0.364. The van der Waals surface area contributed by atoms with Crippen LogP contribution in [0, 0.1) is 6.92 Å². The van der Waals surface area contributed by atoms with Gasteiger partial charge in [0.05, 0.1) is 11.4 Å². The van der Waals surface area contributed by atoms with Gasteiger partial charge in [-0.05, 0) is 26.2 Å². The molecule has 112 valence electrons. The number of aromatic carboxylic acids is 1. The van der Waals surface area contributed by atoms with Gasteiger partial charge < -0.3 is 5.11 Å². The zero-order chi connectivity index (χ0) is 15.2. The molecule has 1 aliphatic carbocycles. The van der Waals surface area contributed by atoms with Crippen LogP contribution in [0.2, 0.25) is 0 Å². The van der Waals surface area contributed by atoms with E-state index in [9.17, 15) is 13.2 Å². The average Bonchev–Trinajstić information content (AvgIpc) is 3.01. The number of H-pyrrole nitrogens is 1. The Morgan fingerprint density at radius 1 is 1.43 bits per heavy atom. The Kier molecular flexibility index (Phi) is 3.21. The van der Waals surface area contributed by atoms with Crippen molar-refractivity contribution in [1.82, 2.24) is 15.2 Å². The van der Waals surface area contributed by atoms with Gasteiger partial charge in [-0.15, -0.1) is 11.3 Å². The Labute approximate surface area is 124 Å². The molecule has 2 aromatic heterocycles. The van der Waals surface area contributed by atoms with E-state index in [4.69, 9.17) is 5.11 Å². The zero-order valence-corrected chi connectivity index (χ0v) is 12.6. The zero-order valence-electron chi connectivity index (χ0n) is 11.0. The molecular weight excluding hydrogens is 316 g/mol. The predicted octanol–water partition coefficient (Wildman–Crippen LogP) is 1.16. The first-order chi connectivity index (χ1) is 9.88. The lowest BCUT2D eigenvalue weighted by atomic mass is 10.4. The standard InChI is InChI=1S/C11H12N4O4S2/c1-5-9(8(10(16)17)14-13-5)21(18,19)15-11-12-6-3-2-4-7(6)20-11/h2-4H2,1H3,(H,12,15)(H,13,14)(H,16,17). The summed E-state index contributed by atoms with van der Waals surface area (Å²) in [6.07, 6.45) is 2.78. The number of hydrogen-bond acceptors (Lipinski definition) is 6. The molecule has 0 amide bonds. The van der Waals surface area contributed by atoms with Crippen LogP contribution >= 0.6 is 11.3 Å². The normalized spacial score (nSPS) is 14.1. The van der Waals surface area contributed by atoms with Gasteiger partial charge in [0.1, 0.15) is 4.90 Å². The van der Waals surface area contributed by atoms with Crippen LogP contribution < -0.4 is 4.72 Å². The quantitative estimate of drug-likeness (QED) is 0.773. The molecule has 0 bridgehead atoms. The summed E-state index contributed by atoms with van der Waals surface area (Å²) in [5.74, 6) is -1.40. The van der Waals surface area contributed by atoms with Crippen LogP contribution in [0.25, 0.3) is 0 Å². The van der Waals surface area contributed by atoms with Crippen LogP contribution in [0.5, 0.6) is 0 Å². The van der Waals surface area contributed by atoms with E-state index in [0.717, 1.165) is 29.8 Å². The molecule has 1 aliphatic rings. The molecule has 0 saturated heterocycles. The van der Waals surface area contributed by atoms with E-state index in [1.54, 1.807) is 0 Å². The van der Waals surface area contributed by atoms with Crippen molar-refractivity contribution in [1.29, 1.82) is 0 Å². The Hall–Kier alpha value is -1.94. The van der Waals surface area contributed by atoms with Crippen LogP contribution in [0.1, 0.15) is 33.2 Å². The van der Waals surface area contributed by atoms with E-state index >= 15 is 0 Å². The summed E-state index contributed by atoms with van der Waals surface area (Å²) in [5, 5.41) is 15.2. The van der Waals surface area contributed by atoms with Crippen molar-refractivity contribution in [3.8, 4) is 0 Å². The SMILES string of the molecule is Cc1[nH]nc(C(=O)O)c1S(=O)(=O)Nc1nc2c(s1)CCC2. The molecule has 0 fully saturated rings. The van der Waals surface area contributed by atoms with E-state index in [0.29, 0.717) is 0 Å².